The van der Waals surface area contributed by atoms with Crippen LogP contribution in [0.25, 0.3) is 5.69 Å². The predicted molar refractivity (Wildman–Crippen MR) is 99.9 cm³/mol. The fourth-order valence-electron chi connectivity index (χ4n) is 2.86. The monoisotopic (exact) mass is 356 g/mol. The van der Waals surface area contributed by atoms with Crippen LogP contribution in [0.5, 0.6) is 0 Å². The molecule has 0 aliphatic rings. The van der Waals surface area contributed by atoms with Crippen molar-refractivity contribution in [3.05, 3.63) is 65.5 Å². The molecule has 1 amide bonds. The molecule has 26 heavy (non-hydrogen) atoms. The number of aromatic nitrogens is 1. The SMILES string of the molecule is C=CCOCC(NC(=O)c1cc(C)n(-c2ccccc2C)c1C)C(=O)O. The number of hydrogen-bond acceptors (Lipinski definition) is 3. The molecule has 2 aromatic rings. The first-order valence-corrected chi connectivity index (χ1v) is 8.34. The smallest absolute Gasteiger partial charge is 0.328 e. The summed E-state index contributed by atoms with van der Waals surface area (Å²) in [7, 11) is 0. The molecule has 2 rings (SSSR count). The fraction of sp³-hybridized carbons (Fsp3) is 0.300. The molecule has 0 saturated heterocycles. The van der Waals surface area contributed by atoms with Crippen molar-refractivity contribution >= 4 is 11.9 Å². The van der Waals surface area contributed by atoms with Gasteiger partial charge in [0.25, 0.3) is 5.91 Å². The fourth-order valence-corrected chi connectivity index (χ4v) is 2.86. The van der Waals surface area contributed by atoms with Gasteiger partial charge in [-0.25, -0.2) is 4.79 Å². The lowest BCUT2D eigenvalue weighted by atomic mass is 10.2. The number of carbonyl (C=O) groups is 2. The molecule has 2 N–H and O–H groups in total. The lowest BCUT2D eigenvalue weighted by Crippen LogP contribution is -2.44. The van der Waals surface area contributed by atoms with Gasteiger partial charge in [-0.2, -0.15) is 0 Å². The summed E-state index contributed by atoms with van der Waals surface area (Å²) in [5, 5.41) is 11.8. The number of aliphatic carboxylic acids is 1. The maximum absolute atomic E-state index is 12.6. The second kappa shape index (κ2) is 8.49. The Kier molecular flexibility index (Phi) is 6.36. The molecule has 0 aliphatic carbocycles. The van der Waals surface area contributed by atoms with Crippen molar-refractivity contribution in [3.63, 3.8) is 0 Å². The van der Waals surface area contributed by atoms with E-state index < -0.39 is 17.9 Å². The van der Waals surface area contributed by atoms with Crippen LogP contribution in [0.4, 0.5) is 0 Å². The number of aryl methyl sites for hydroxylation is 2. The number of benzene rings is 1. The summed E-state index contributed by atoms with van der Waals surface area (Å²) in [6.45, 7) is 9.38. The number of nitrogens with one attached hydrogen (secondary N) is 1. The molecule has 1 atom stereocenters. The standard InChI is InChI=1S/C20H24N2O4/c1-5-10-26-12-17(20(24)25)21-19(23)16-11-14(3)22(15(16)4)18-9-7-6-8-13(18)2/h5-9,11,17H,1,10,12H2,2-4H3,(H,21,23)(H,24,25). The molecule has 0 fully saturated rings. The summed E-state index contributed by atoms with van der Waals surface area (Å²) in [5.74, 6) is -1.58. The van der Waals surface area contributed by atoms with Crippen molar-refractivity contribution < 1.29 is 19.4 Å². The lowest BCUT2D eigenvalue weighted by Gasteiger charge is -2.15. The van der Waals surface area contributed by atoms with Crippen LogP contribution < -0.4 is 5.32 Å². The maximum atomic E-state index is 12.6. The average Bonchev–Trinajstić information content (AvgIpc) is 2.89. The summed E-state index contributed by atoms with van der Waals surface area (Å²) in [6.07, 6.45) is 1.52. The third-order valence-corrected chi connectivity index (χ3v) is 4.16. The van der Waals surface area contributed by atoms with Gasteiger partial charge < -0.3 is 19.7 Å². The van der Waals surface area contributed by atoms with E-state index in [2.05, 4.69) is 11.9 Å². The van der Waals surface area contributed by atoms with Gasteiger partial charge in [0, 0.05) is 17.1 Å². The number of carboxylic acid groups (broad SMARTS) is 1. The van der Waals surface area contributed by atoms with Crippen LogP contribution in [-0.2, 0) is 9.53 Å². The highest BCUT2D eigenvalue weighted by Gasteiger charge is 2.24. The van der Waals surface area contributed by atoms with Crippen LogP contribution in [0.1, 0.15) is 27.3 Å². The third-order valence-electron chi connectivity index (χ3n) is 4.16. The number of ether oxygens (including phenoxy) is 1. The quantitative estimate of drug-likeness (QED) is 0.563. The van der Waals surface area contributed by atoms with Crippen LogP contribution in [0.3, 0.4) is 0 Å². The summed E-state index contributed by atoms with van der Waals surface area (Å²) in [4.78, 5) is 24.0. The highest BCUT2D eigenvalue weighted by atomic mass is 16.5. The first kappa shape index (κ1) is 19.5. The molecule has 0 saturated carbocycles. The first-order valence-electron chi connectivity index (χ1n) is 8.34. The Labute approximate surface area is 153 Å². The third kappa shape index (κ3) is 4.21. The summed E-state index contributed by atoms with van der Waals surface area (Å²) < 4.78 is 7.16. The van der Waals surface area contributed by atoms with E-state index >= 15 is 0 Å². The number of carbonyl (C=O) groups excluding carboxylic acids is 1. The number of amides is 1. The normalized spacial score (nSPS) is 11.8. The second-order valence-electron chi connectivity index (χ2n) is 6.10. The zero-order chi connectivity index (χ0) is 19.3. The van der Waals surface area contributed by atoms with Gasteiger partial charge in [0.15, 0.2) is 6.04 Å². The van der Waals surface area contributed by atoms with E-state index in [0.717, 1.165) is 22.6 Å². The second-order valence-corrected chi connectivity index (χ2v) is 6.10. The Bertz CT molecular complexity index is 823. The molecule has 0 aliphatic heterocycles. The largest absolute Gasteiger partial charge is 0.480 e. The van der Waals surface area contributed by atoms with Crippen LogP contribution in [0, 0.1) is 20.8 Å². The van der Waals surface area contributed by atoms with E-state index in [-0.39, 0.29) is 13.2 Å². The van der Waals surface area contributed by atoms with Gasteiger partial charge in [0.1, 0.15) is 0 Å². The predicted octanol–water partition coefficient (Wildman–Crippen LogP) is 2.79. The Balaban J connectivity index is 2.27. The summed E-state index contributed by atoms with van der Waals surface area (Å²) in [6, 6.07) is 8.54. The van der Waals surface area contributed by atoms with Crippen molar-refractivity contribution in [1.82, 2.24) is 9.88 Å². The maximum Gasteiger partial charge on any atom is 0.328 e. The number of nitrogens with zero attached hydrogens (tertiary/aromatic N) is 1. The van der Waals surface area contributed by atoms with Crippen LogP contribution in [0.15, 0.2) is 43.0 Å². The molecule has 1 aromatic heterocycles. The zero-order valence-electron chi connectivity index (χ0n) is 15.3. The Hall–Kier alpha value is -2.86. The molecule has 138 valence electrons. The van der Waals surface area contributed by atoms with E-state index in [1.54, 1.807) is 6.07 Å². The summed E-state index contributed by atoms with van der Waals surface area (Å²) in [5.41, 5.74) is 4.18. The topological polar surface area (TPSA) is 80.6 Å². The van der Waals surface area contributed by atoms with Crippen molar-refractivity contribution in [2.24, 2.45) is 0 Å². The van der Waals surface area contributed by atoms with Crippen molar-refractivity contribution in [2.75, 3.05) is 13.2 Å². The van der Waals surface area contributed by atoms with Gasteiger partial charge in [-0.1, -0.05) is 24.3 Å². The average molecular weight is 356 g/mol. The van der Waals surface area contributed by atoms with Crippen LogP contribution in [-0.4, -0.2) is 40.8 Å². The molecule has 0 radical (unpaired) electrons. The number of para-hydroxylation sites is 1. The highest BCUT2D eigenvalue weighted by molar-refractivity contribution is 5.98. The van der Waals surface area contributed by atoms with Crippen LogP contribution in [0.2, 0.25) is 0 Å². The van der Waals surface area contributed by atoms with Gasteiger partial charge >= 0.3 is 5.97 Å². The van der Waals surface area contributed by atoms with E-state index in [1.165, 1.54) is 6.08 Å². The molecule has 6 nitrogen and oxygen atoms in total. The molecule has 0 spiro atoms. The Morgan fingerprint density at radius 2 is 2.00 bits per heavy atom. The minimum absolute atomic E-state index is 0.121. The molecule has 1 heterocycles. The molecule has 6 heteroatoms. The number of carboxylic acids is 1. The van der Waals surface area contributed by atoms with E-state index in [4.69, 9.17) is 4.74 Å². The summed E-state index contributed by atoms with van der Waals surface area (Å²) >= 11 is 0. The Morgan fingerprint density at radius 1 is 1.31 bits per heavy atom. The van der Waals surface area contributed by atoms with Crippen LogP contribution >= 0.6 is 0 Å². The molecule has 1 unspecified atom stereocenters. The van der Waals surface area contributed by atoms with Crippen molar-refractivity contribution in [2.45, 2.75) is 26.8 Å². The minimum Gasteiger partial charge on any atom is -0.480 e. The first-order chi connectivity index (χ1) is 12.4. The van der Waals surface area contributed by atoms with E-state index in [0.29, 0.717) is 5.56 Å². The van der Waals surface area contributed by atoms with Gasteiger partial charge in [0.05, 0.1) is 18.8 Å². The van der Waals surface area contributed by atoms with Crippen molar-refractivity contribution in [1.29, 1.82) is 0 Å². The van der Waals surface area contributed by atoms with E-state index in [1.807, 2.05) is 49.6 Å². The van der Waals surface area contributed by atoms with Gasteiger partial charge in [-0.15, -0.1) is 6.58 Å². The zero-order valence-corrected chi connectivity index (χ0v) is 15.3. The molecular formula is C20H24N2O4. The highest BCUT2D eigenvalue weighted by Crippen LogP contribution is 2.23. The Morgan fingerprint density at radius 3 is 2.62 bits per heavy atom. The lowest BCUT2D eigenvalue weighted by molar-refractivity contribution is -0.140. The van der Waals surface area contributed by atoms with Gasteiger partial charge in [0.2, 0.25) is 0 Å². The molecule has 0 bridgehead atoms. The molecular weight excluding hydrogens is 332 g/mol. The minimum atomic E-state index is -1.14. The van der Waals surface area contributed by atoms with E-state index in [9.17, 15) is 14.7 Å². The van der Waals surface area contributed by atoms with Gasteiger partial charge in [-0.05, 0) is 38.5 Å². The number of hydrogen-bond donors (Lipinski definition) is 2. The van der Waals surface area contributed by atoms with Gasteiger partial charge in [-0.3, -0.25) is 4.79 Å². The van der Waals surface area contributed by atoms with Crippen molar-refractivity contribution in [3.8, 4) is 5.69 Å². The number of rotatable bonds is 8. The molecule has 1 aromatic carbocycles.